The first-order valence-electron chi connectivity index (χ1n) is 28.9. The molecule has 0 aliphatic rings. The van der Waals surface area contributed by atoms with Crippen LogP contribution in [0.5, 0.6) is 0 Å². The van der Waals surface area contributed by atoms with E-state index >= 15 is 0 Å². The summed E-state index contributed by atoms with van der Waals surface area (Å²) in [6, 6.07) is 0. The number of hydrogen-bond donors (Lipinski definition) is 0. The number of ether oxygens (including phenoxy) is 3. The lowest BCUT2D eigenvalue weighted by atomic mass is 10.0. The smallest absolute Gasteiger partial charge is 0.306 e. The van der Waals surface area contributed by atoms with Crippen LogP contribution in [0.15, 0.2) is 24.3 Å². The Balaban J connectivity index is 4.13. The normalized spacial score (nSPS) is 12.2. The molecule has 0 saturated carbocycles. The van der Waals surface area contributed by atoms with Crippen LogP contribution in [0.25, 0.3) is 0 Å². The zero-order valence-electron chi connectivity index (χ0n) is 43.6. The second kappa shape index (κ2) is 55.7. The molecule has 0 spiro atoms. The molecule has 0 bridgehead atoms. The summed E-state index contributed by atoms with van der Waals surface area (Å²) >= 11 is 0. The Morgan fingerprint density at radius 1 is 0.344 bits per heavy atom. The van der Waals surface area contributed by atoms with Crippen LogP contribution in [0.3, 0.4) is 0 Å². The van der Waals surface area contributed by atoms with Gasteiger partial charge in [-0.3, -0.25) is 9.59 Å². The largest absolute Gasteiger partial charge is 0.462 e. The predicted octanol–water partition coefficient (Wildman–Crippen LogP) is 19.6. The molecule has 0 saturated heterocycles. The van der Waals surface area contributed by atoms with E-state index in [2.05, 4.69) is 45.1 Å². The predicted molar refractivity (Wildman–Crippen MR) is 279 cm³/mol. The third-order valence-corrected chi connectivity index (χ3v) is 13.0. The maximum absolute atomic E-state index is 12.8. The molecule has 0 radical (unpaired) electrons. The molecule has 1 unspecified atom stereocenters. The molecule has 0 N–H and O–H groups in total. The highest BCUT2D eigenvalue weighted by Crippen LogP contribution is 2.17. The van der Waals surface area contributed by atoms with Crippen molar-refractivity contribution >= 4 is 11.9 Å². The molecule has 0 fully saturated rings. The fraction of sp³-hybridized carbons (Fsp3) is 0.898. The summed E-state index contributed by atoms with van der Waals surface area (Å²) in [5, 5.41) is 0. The van der Waals surface area contributed by atoms with Gasteiger partial charge in [-0.25, -0.2) is 0 Å². The van der Waals surface area contributed by atoms with E-state index < -0.39 is 6.10 Å². The standard InChI is InChI=1S/C59H112O5/c1-4-7-10-13-16-19-22-24-26-28-30-32-34-36-38-40-43-46-49-52-58(60)63-56-57(55-62-54-51-48-45-42-21-18-15-12-9-6-3)64-59(61)53-50-47-44-41-39-37-35-33-31-29-27-25-23-20-17-14-11-8-5-2/h16,19,24,26,57H,4-15,17-18,20-23,25,27-56H2,1-3H3/b19-16-,26-24-. The fourth-order valence-electron chi connectivity index (χ4n) is 8.66. The Labute approximate surface area is 400 Å². The molecule has 378 valence electrons. The third kappa shape index (κ3) is 53.0. The SMILES string of the molecule is CCCCC/C=C\C/C=C\CCCCCCCCCCCC(=O)OCC(COCCCCCCCCCCCC)OC(=O)CCCCCCCCCCCCCCCCCCCCC. The van der Waals surface area contributed by atoms with Gasteiger partial charge in [0.25, 0.3) is 0 Å². The van der Waals surface area contributed by atoms with Crippen LogP contribution in [0.1, 0.15) is 316 Å². The van der Waals surface area contributed by atoms with E-state index in [1.165, 1.54) is 244 Å². The van der Waals surface area contributed by atoms with Gasteiger partial charge in [-0.1, -0.05) is 276 Å². The van der Waals surface area contributed by atoms with E-state index in [1.54, 1.807) is 0 Å². The summed E-state index contributed by atoms with van der Waals surface area (Å²) < 4.78 is 17.5. The third-order valence-electron chi connectivity index (χ3n) is 13.0. The van der Waals surface area contributed by atoms with Gasteiger partial charge in [0, 0.05) is 19.4 Å². The lowest BCUT2D eigenvalue weighted by Crippen LogP contribution is -2.30. The second-order valence-corrected chi connectivity index (χ2v) is 19.6. The van der Waals surface area contributed by atoms with Crippen molar-refractivity contribution in [2.45, 2.75) is 322 Å². The maximum atomic E-state index is 12.8. The topological polar surface area (TPSA) is 61.8 Å². The molecule has 0 aromatic rings. The minimum absolute atomic E-state index is 0.0910. The van der Waals surface area contributed by atoms with E-state index in [0.29, 0.717) is 26.1 Å². The van der Waals surface area contributed by atoms with Crippen molar-refractivity contribution in [2.75, 3.05) is 19.8 Å². The van der Waals surface area contributed by atoms with E-state index in [-0.39, 0.29) is 18.5 Å². The first kappa shape index (κ1) is 62.4. The van der Waals surface area contributed by atoms with Crippen LogP contribution < -0.4 is 0 Å². The number of rotatable bonds is 54. The van der Waals surface area contributed by atoms with E-state index in [9.17, 15) is 9.59 Å². The van der Waals surface area contributed by atoms with Gasteiger partial charge < -0.3 is 14.2 Å². The molecule has 0 aromatic carbocycles. The number of unbranched alkanes of at least 4 members (excludes halogenated alkanes) is 39. The van der Waals surface area contributed by atoms with Crippen LogP contribution in [0, 0.1) is 0 Å². The molecule has 0 rings (SSSR count). The summed E-state index contributed by atoms with van der Waals surface area (Å²) in [4.78, 5) is 25.5. The van der Waals surface area contributed by atoms with Gasteiger partial charge in [-0.15, -0.1) is 0 Å². The molecule has 1 atom stereocenters. The molecule has 0 heterocycles. The Hall–Kier alpha value is -1.62. The Morgan fingerprint density at radius 3 is 1.06 bits per heavy atom. The van der Waals surface area contributed by atoms with E-state index in [0.717, 1.165) is 38.5 Å². The average molecular weight is 902 g/mol. The van der Waals surface area contributed by atoms with Gasteiger partial charge in [0.05, 0.1) is 6.61 Å². The molecule has 5 heteroatoms. The molecule has 0 aliphatic carbocycles. The van der Waals surface area contributed by atoms with Crippen LogP contribution in [-0.2, 0) is 23.8 Å². The highest BCUT2D eigenvalue weighted by atomic mass is 16.6. The van der Waals surface area contributed by atoms with Crippen molar-refractivity contribution < 1.29 is 23.8 Å². The van der Waals surface area contributed by atoms with Crippen molar-refractivity contribution in [2.24, 2.45) is 0 Å². The molecule has 0 amide bonds. The molecule has 64 heavy (non-hydrogen) atoms. The van der Waals surface area contributed by atoms with Gasteiger partial charge in [0.2, 0.25) is 0 Å². The number of carbonyl (C=O) groups is 2. The van der Waals surface area contributed by atoms with Crippen molar-refractivity contribution in [3.05, 3.63) is 24.3 Å². The lowest BCUT2D eigenvalue weighted by molar-refractivity contribution is -0.163. The van der Waals surface area contributed by atoms with Crippen molar-refractivity contribution in [1.82, 2.24) is 0 Å². The van der Waals surface area contributed by atoms with E-state index in [4.69, 9.17) is 14.2 Å². The highest BCUT2D eigenvalue weighted by molar-refractivity contribution is 5.70. The molecular weight excluding hydrogens is 789 g/mol. The Kier molecular flexibility index (Phi) is 54.3. The highest BCUT2D eigenvalue weighted by Gasteiger charge is 2.17. The minimum atomic E-state index is -0.529. The summed E-state index contributed by atoms with van der Waals surface area (Å²) in [7, 11) is 0. The van der Waals surface area contributed by atoms with Crippen molar-refractivity contribution in [1.29, 1.82) is 0 Å². The molecule has 5 nitrogen and oxygen atoms in total. The Morgan fingerprint density at radius 2 is 0.656 bits per heavy atom. The maximum Gasteiger partial charge on any atom is 0.306 e. The summed E-state index contributed by atoms with van der Waals surface area (Å²) in [5.41, 5.74) is 0. The number of esters is 2. The van der Waals surface area contributed by atoms with Crippen LogP contribution >= 0.6 is 0 Å². The lowest BCUT2D eigenvalue weighted by Gasteiger charge is -2.18. The molecule has 0 aromatic heterocycles. The van der Waals surface area contributed by atoms with Gasteiger partial charge >= 0.3 is 11.9 Å². The molecule has 0 aliphatic heterocycles. The van der Waals surface area contributed by atoms with Crippen molar-refractivity contribution in [3.8, 4) is 0 Å². The van der Waals surface area contributed by atoms with Crippen molar-refractivity contribution in [3.63, 3.8) is 0 Å². The fourth-order valence-corrected chi connectivity index (χ4v) is 8.66. The van der Waals surface area contributed by atoms with Crippen LogP contribution in [0.4, 0.5) is 0 Å². The van der Waals surface area contributed by atoms with Gasteiger partial charge in [-0.2, -0.15) is 0 Å². The minimum Gasteiger partial charge on any atom is -0.462 e. The van der Waals surface area contributed by atoms with Gasteiger partial charge in [-0.05, 0) is 51.4 Å². The Bertz CT molecular complexity index is 974. The van der Waals surface area contributed by atoms with Crippen LogP contribution in [-0.4, -0.2) is 37.9 Å². The van der Waals surface area contributed by atoms with E-state index in [1.807, 2.05) is 0 Å². The number of hydrogen-bond acceptors (Lipinski definition) is 5. The summed E-state index contributed by atoms with van der Waals surface area (Å²) in [5.74, 6) is -0.379. The summed E-state index contributed by atoms with van der Waals surface area (Å²) in [6.45, 7) is 7.87. The number of allylic oxidation sites excluding steroid dienone is 4. The second-order valence-electron chi connectivity index (χ2n) is 19.6. The monoisotopic (exact) mass is 901 g/mol. The summed E-state index contributed by atoms with van der Waals surface area (Å²) in [6.07, 6.45) is 66.3. The van der Waals surface area contributed by atoms with Crippen LogP contribution in [0.2, 0.25) is 0 Å². The first-order valence-corrected chi connectivity index (χ1v) is 28.9. The number of carbonyl (C=O) groups excluding carboxylic acids is 2. The first-order chi connectivity index (χ1) is 31.6. The van der Waals surface area contributed by atoms with Gasteiger partial charge in [0.1, 0.15) is 6.61 Å². The quantitative estimate of drug-likeness (QED) is 0.0346. The average Bonchev–Trinajstić information content (AvgIpc) is 3.30. The van der Waals surface area contributed by atoms with Gasteiger partial charge in [0.15, 0.2) is 6.10 Å². The molecular formula is C59H112O5. The zero-order chi connectivity index (χ0) is 46.3. The zero-order valence-corrected chi connectivity index (χ0v) is 43.6.